The topological polar surface area (TPSA) is 92.8 Å². The maximum Gasteiger partial charge on any atom is 0.356 e. The summed E-state index contributed by atoms with van der Waals surface area (Å²) in [5, 5.41) is 2.10. The van der Waals surface area contributed by atoms with Crippen LogP contribution in [0.25, 0.3) is 0 Å². The van der Waals surface area contributed by atoms with Crippen LogP contribution in [0.4, 0.5) is 0 Å². The molecule has 0 spiro atoms. The number of hydrogen-bond acceptors (Lipinski definition) is 7. The molecule has 9 heteroatoms. The molecule has 2 aliphatic heterocycles. The van der Waals surface area contributed by atoms with E-state index in [0.29, 0.717) is 16.2 Å². The minimum atomic E-state index is -0.797. The lowest BCUT2D eigenvalue weighted by Gasteiger charge is -2.49. The lowest BCUT2D eigenvalue weighted by atomic mass is 10.0. The number of rotatable bonds is 9. The van der Waals surface area contributed by atoms with Gasteiger partial charge in [0.1, 0.15) is 17.1 Å². The molecule has 0 aromatic heterocycles. The van der Waals surface area contributed by atoms with E-state index in [1.54, 1.807) is 24.3 Å². The van der Waals surface area contributed by atoms with Crippen LogP contribution in [0.1, 0.15) is 33.2 Å². The van der Waals surface area contributed by atoms with Crippen LogP contribution in [0, 0.1) is 0 Å². The molecule has 1 saturated heterocycles. The van der Waals surface area contributed by atoms with Crippen LogP contribution in [0.3, 0.4) is 0 Å². The minimum Gasteiger partial charge on any atom is -0.448 e. The van der Waals surface area contributed by atoms with Gasteiger partial charge in [0, 0.05) is 16.2 Å². The average Bonchev–Trinajstić information content (AvgIpc) is 3.07. The number of nitrogens with one attached hydrogen (secondary N) is 1. The van der Waals surface area contributed by atoms with Crippen LogP contribution in [-0.4, -0.2) is 45.0 Å². The van der Waals surface area contributed by atoms with Gasteiger partial charge in [-0.25, -0.2) is 4.79 Å². The maximum absolute atomic E-state index is 14.1. The smallest absolute Gasteiger partial charge is 0.356 e. The lowest BCUT2D eigenvalue weighted by Crippen LogP contribution is -2.70. The Kier molecular flexibility index (Phi) is 8.95. The van der Waals surface area contributed by atoms with Gasteiger partial charge in [0.05, 0.1) is 6.42 Å². The fourth-order valence-corrected chi connectivity index (χ4v) is 7.55. The molecule has 6 rings (SSSR count). The molecule has 2 aliphatic rings. The van der Waals surface area contributed by atoms with Crippen LogP contribution in [-0.2, 0) is 25.5 Å². The summed E-state index contributed by atoms with van der Waals surface area (Å²) < 4.78 is 6.16. The molecular weight excluding hydrogens is 593 g/mol. The van der Waals surface area contributed by atoms with E-state index in [2.05, 4.69) is 5.32 Å². The molecule has 7 nitrogen and oxygen atoms in total. The first-order valence-corrected chi connectivity index (χ1v) is 16.0. The highest BCUT2D eigenvalue weighted by Gasteiger charge is 2.55. The molecule has 2 amide bonds. The van der Waals surface area contributed by atoms with Crippen LogP contribution in [0.15, 0.2) is 132 Å². The van der Waals surface area contributed by atoms with Crippen molar-refractivity contribution in [2.45, 2.75) is 23.9 Å². The quantitative estimate of drug-likeness (QED) is 0.188. The van der Waals surface area contributed by atoms with Crippen LogP contribution in [0.5, 0.6) is 0 Å². The number of fused-ring (bicyclic) bond motifs is 1. The maximum atomic E-state index is 14.1. The number of ether oxygens (including phenoxy) is 1. The normalized spacial score (nSPS) is 17.5. The minimum absolute atomic E-state index is 0.0402. The van der Waals surface area contributed by atoms with E-state index < -0.39 is 29.4 Å². The van der Waals surface area contributed by atoms with Crippen molar-refractivity contribution in [1.82, 2.24) is 10.2 Å². The summed E-state index contributed by atoms with van der Waals surface area (Å²) in [6.45, 7) is 0. The average molecular weight is 621 g/mol. The second-order valence-electron chi connectivity index (χ2n) is 10.3. The highest BCUT2D eigenvalue weighted by Crippen LogP contribution is 2.45. The van der Waals surface area contributed by atoms with Gasteiger partial charge < -0.3 is 10.1 Å². The highest BCUT2D eigenvalue weighted by molar-refractivity contribution is 8.18. The van der Waals surface area contributed by atoms with E-state index in [4.69, 9.17) is 4.74 Å². The first kappa shape index (κ1) is 29.5. The molecule has 4 aromatic rings. The van der Waals surface area contributed by atoms with E-state index in [1.807, 2.05) is 97.1 Å². The number of benzene rings is 4. The van der Waals surface area contributed by atoms with E-state index in [9.17, 15) is 19.2 Å². The van der Waals surface area contributed by atoms with E-state index in [1.165, 1.54) is 16.7 Å². The zero-order chi connectivity index (χ0) is 30.5. The molecule has 1 fully saturated rings. The largest absolute Gasteiger partial charge is 0.448 e. The highest BCUT2D eigenvalue weighted by atomic mass is 32.2. The Balaban J connectivity index is 1.29. The fourth-order valence-electron chi connectivity index (χ4n) is 5.16. The molecule has 220 valence electrons. The predicted octanol–water partition coefficient (Wildman–Crippen LogP) is 5.75. The zero-order valence-electron chi connectivity index (χ0n) is 23.5. The molecule has 44 heavy (non-hydrogen) atoms. The summed E-state index contributed by atoms with van der Waals surface area (Å²) in [4.78, 5) is 55.5. The van der Waals surface area contributed by atoms with Gasteiger partial charge in [0.15, 0.2) is 6.10 Å². The number of esters is 1. The molecule has 2 heterocycles. The van der Waals surface area contributed by atoms with Gasteiger partial charge in [-0.2, -0.15) is 0 Å². The first-order chi connectivity index (χ1) is 21.5. The van der Waals surface area contributed by atoms with E-state index >= 15 is 0 Å². The van der Waals surface area contributed by atoms with Gasteiger partial charge in [-0.15, -0.1) is 11.8 Å². The van der Waals surface area contributed by atoms with Crippen molar-refractivity contribution in [1.29, 1.82) is 0 Å². The summed E-state index contributed by atoms with van der Waals surface area (Å²) in [5.74, 6) is -1.11. The first-order valence-electron chi connectivity index (χ1n) is 14.1. The Morgan fingerprint density at radius 2 is 1.36 bits per heavy atom. The number of thioether (sulfide) groups is 2. The summed E-state index contributed by atoms with van der Waals surface area (Å²) in [5.41, 5.74) is 2.89. The molecule has 0 aliphatic carbocycles. The van der Waals surface area contributed by atoms with Crippen molar-refractivity contribution in [2.24, 2.45) is 0 Å². The standard InChI is InChI=1S/C35H28N2O5S2/c38-28(21-23-13-5-1-6-14-23)36-29-32(39)37-30(27(22-43-33(29)37)44-35(41)26-19-11-4-12-20-26)34(40)42-31(24-15-7-2-8-16-24)25-17-9-3-10-18-25/h1-20,29,31,33H,21-22H2,(H,36,38). The van der Waals surface area contributed by atoms with Gasteiger partial charge >= 0.3 is 5.97 Å². The molecule has 2 atom stereocenters. The zero-order valence-corrected chi connectivity index (χ0v) is 25.1. The Morgan fingerprint density at radius 3 is 1.95 bits per heavy atom. The monoisotopic (exact) mass is 620 g/mol. The fraction of sp³-hybridized carbons (Fsp3) is 0.143. The number of nitrogens with zero attached hydrogens (tertiary/aromatic N) is 1. The van der Waals surface area contributed by atoms with Gasteiger partial charge in [-0.05, 0) is 28.5 Å². The number of β-lactam (4-membered cyclic amide) rings is 1. The van der Waals surface area contributed by atoms with Gasteiger partial charge in [0.2, 0.25) is 11.0 Å². The SMILES string of the molecule is O=C(Cc1ccccc1)NC1C(=O)N2C(C(=O)OC(c3ccccc3)c3ccccc3)=C(SC(=O)c3ccccc3)CSC12. The third kappa shape index (κ3) is 6.34. The third-order valence-corrected chi connectivity index (χ3v) is 9.77. The number of hydrogen-bond donors (Lipinski definition) is 1. The Hall–Kier alpha value is -4.60. The molecule has 4 aromatic carbocycles. The number of amides is 2. The third-order valence-electron chi connectivity index (χ3n) is 7.31. The second kappa shape index (κ2) is 13.4. The van der Waals surface area contributed by atoms with Crippen LogP contribution >= 0.6 is 23.5 Å². The summed E-state index contributed by atoms with van der Waals surface area (Å²) in [6, 6.07) is 36.0. The Labute approximate surface area is 263 Å². The number of carbonyl (C=O) groups is 4. The summed E-state index contributed by atoms with van der Waals surface area (Å²) >= 11 is 2.33. The molecule has 1 N–H and O–H groups in total. The Bertz CT molecular complexity index is 1660. The summed E-state index contributed by atoms with van der Waals surface area (Å²) in [7, 11) is 0. The van der Waals surface area contributed by atoms with Crippen molar-refractivity contribution in [2.75, 3.05) is 5.75 Å². The molecule has 0 bridgehead atoms. The molecule has 0 saturated carbocycles. The van der Waals surface area contributed by atoms with E-state index in [-0.39, 0.29) is 23.1 Å². The van der Waals surface area contributed by atoms with Crippen molar-refractivity contribution >= 4 is 46.4 Å². The number of carbonyl (C=O) groups excluding carboxylic acids is 4. The molecule has 0 radical (unpaired) electrons. The van der Waals surface area contributed by atoms with Gasteiger partial charge in [-0.3, -0.25) is 19.3 Å². The van der Waals surface area contributed by atoms with Crippen LogP contribution in [0.2, 0.25) is 0 Å². The van der Waals surface area contributed by atoms with Crippen molar-refractivity contribution in [3.8, 4) is 0 Å². The lowest BCUT2D eigenvalue weighted by molar-refractivity contribution is -0.154. The van der Waals surface area contributed by atoms with Crippen molar-refractivity contribution in [3.63, 3.8) is 0 Å². The van der Waals surface area contributed by atoms with Gasteiger partial charge in [-0.1, -0.05) is 121 Å². The van der Waals surface area contributed by atoms with Gasteiger partial charge in [0.25, 0.3) is 5.91 Å². The van der Waals surface area contributed by atoms with Crippen molar-refractivity contribution < 1.29 is 23.9 Å². The molecular formula is C35H28N2O5S2. The molecule has 2 unspecified atom stereocenters. The predicted molar refractivity (Wildman–Crippen MR) is 171 cm³/mol. The van der Waals surface area contributed by atoms with Crippen molar-refractivity contribution in [3.05, 3.63) is 154 Å². The van der Waals surface area contributed by atoms with Crippen LogP contribution < -0.4 is 5.32 Å². The summed E-state index contributed by atoms with van der Waals surface area (Å²) in [6.07, 6.45) is -0.603. The Morgan fingerprint density at radius 1 is 0.818 bits per heavy atom. The second-order valence-corrected chi connectivity index (χ2v) is 12.4. The van der Waals surface area contributed by atoms with E-state index in [0.717, 1.165) is 28.5 Å².